The number of hydrogen-bond donors (Lipinski definition) is 0. The minimum Gasteiger partial charge on any atom is -0.461 e. The molecule has 0 radical (unpaired) electrons. The molecule has 1 saturated carbocycles. The average Bonchev–Trinajstić information content (AvgIpc) is 2.38. The van der Waals surface area contributed by atoms with Crippen LogP contribution in [0.15, 0.2) is 0 Å². The summed E-state index contributed by atoms with van der Waals surface area (Å²) in [5, 5.41) is 0. The van der Waals surface area contributed by atoms with Crippen LogP contribution in [0.4, 0.5) is 0 Å². The van der Waals surface area contributed by atoms with E-state index in [1.54, 1.807) is 0 Å². The second-order valence-electron chi connectivity index (χ2n) is 7.62. The highest BCUT2D eigenvalue weighted by Gasteiger charge is 2.30. The van der Waals surface area contributed by atoms with Crippen LogP contribution in [0.1, 0.15) is 52.4 Å². The van der Waals surface area contributed by atoms with Crippen molar-refractivity contribution in [2.45, 2.75) is 52.4 Å². The summed E-state index contributed by atoms with van der Waals surface area (Å²) in [5.41, 5.74) is 0. The van der Waals surface area contributed by atoms with Crippen molar-refractivity contribution in [3.63, 3.8) is 0 Å². The topological polar surface area (TPSA) is 26.3 Å². The molecule has 0 aromatic rings. The van der Waals surface area contributed by atoms with E-state index in [2.05, 4.69) is 20.9 Å². The van der Waals surface area contributed by atoms with Crippen molar-refractivity contribution in [1.29, 1.82) is 0 Å². The quantitative estimate of drug-likeness (QED) is 0.584. The first-order chi connectivity index (χ1) is 9.48. The Morgan fingerprint density at radius 1 is 1.15 bits per heavy atom. The molecule has 0 N–H and O–H groups in total. The fourth-order valence-electron chi connectivity index (χ4n) is 3.97. The fraction of sp³-hybridized carbons (Fsp3) is 0.941. The normalized spacial score (nSPS) is 33.6. The lowest BCUT2D eigenvalue weighted by molar-refractivity contribution is -0.907. The lowest BCUT2D eigenvalue weighted by Gasteiger charge is -2.37. The van der Waals surface area contributed by atoms with Gasteiger partial charge in [0, 0.05) is 0 Å². The maximum Gasteiger partial charge on any atom is 0.361 e. The second kappa shape index (κ2) is 6.93. The van der Waals surface area contributed by atoms with Crippen molar-refractivity contribution in [3.05, 3.63) is 0 Å². The van der Waals surface area contributed by atoms with E-state index in [0.717, 1.165) is 23.5 Å². The number of rotatable bonds is 4. The Labute approximate surface area is 124 Å². The first-order valence-corrected chi connectivity index (χ1v) is 8.48. The number of likely N-dealkylation sites (tertiary alicyclic amines) is 1. The molecule has 2 rings (SSSR count). The van der Waals surface area contributed by atoms with Crippen molar-refractivity contribution in [2.75, 3.05) is 33.3 Å². The molecule has 0 aromatic carbocycles. The van der Waals surface area contributed by atoms with E-state index in [4.69, 9.17) is 4.74 Å². The molecule has 3 nitrogen and oxygen atoms in total. The molecule has 1 saturated heterocycles. The van der Waals surface area contributed by atoms with Crippen LogP contribution in [0.2, 0.25) is 0 Å². The minimum atomic E-state index is 0.0141. The molecule has 20 heavy (non-hydrogen) atoms. The van der Waals surface area contributed by atoms with Crippen LogP contribution in [-0.2, 0) is 9.53 Å². The average molecular weight is 282 g/mol. The van der Waals surface area contributed by atoms with Gasteiger partial charge in [0.05, 0.1) is 26.7 Å². The molecule has 1 heterocycles. The van der Waals surface area contributed by atoms with Gasteiger partial charge in [-0.05, 0) is 49.9 Å². The first-order valence-electron chi connectivity index (χ1n) is 8.48. The summed E-state index contributed by atoms with van der Waals surface area (Å²) in [6.07, 6.45) is 7.63. The van der Waals surface area contributed by atoms with Gasteiger partial charge in [0.2, 0.25) is 0 Å². The third-order valence-corrected chi connectivity index (χ3v) is 5.47. The molecular formula is C17H32NO2+. The van der Waals surface area contributed by atoms with E-state index in [-0.39, 0.29) is 5.97 Å². The molecule has 1 aliphatic heterocycles. The molecule has 2 fully saturated rings. The zero-order chi connectivity index (χ0) is 14.6. The maximum absolute atomic E-state index is 12.1. The molecule has 116 valence electrons. The van der Waals surface area contributed by atoms with Crippen LogP contribution in [0, 0.1) is 17.8 Å². The molecule has 1 aliphatic carbocycles. The number of likely N-dealkylation sites (N-methyl/N-ethyl adjacent to an activating group) is 1. The number of hydrogen-bond acceptors (Lipinski definition) is 2. The van der Waals surface area contributed by atoms with Crippen molar-refractivity contribution >= 4 is 5.97 Å². The molecule has 2 aliphatic rings. The highest BCUT2D eigenvalue weighted by Crippen LogP contribution is 2.33. The van der Waals surface area contributed by atoms with Gasteiger partial charge in [-0.3, -0.25) is 0 Å². The van der Waals surface area contributed by atoms with Gasteiger partial charge in [-0.1, -0.05) is 20.3 Å². The standard InChI is InChI=1S/C17H32NO2/c1-14-7-8-16(15(2)11-14)13-20-17(19)12-18(3)9-5-4-6-10-18/h14-16H,4-13H2,1-3H3/q+1. The third kappa shape index (κ3) is 4.47. The zero-order valence-electron chi connectivity index (χ0n) is 13.6. The Hall–Kier alpha value is -0.570. The highest BCUT2D eigenvalue weighted by atomic mass is 16.5. The number of nitrogens with zero attached hydrogens (tertiary/aromatic N) is 1. The molecule has 3 heteroatoms. The summed E-state index contributed by atoms with van der Waals surface area (Å²) < 4.78 is 6.49. The molecule has 0 spiro atoms. The molecule has 0 bridgehead atoms. The van der Waals surface area contributed by atoms with Crippen LogP contribution in [-0.4, -0.2) is 43.7 Å². The molecule has 0 amide bonds. The molecular weight excluding hydrogens is 250 g/mol. The Balaban J connectivity index is 1.72. The van der Waals surface area contributed by atoms with Crippen LogP contribution in [0.3, 0.4) is 0 Å². The second-order valence-corrected chi connectivity index (χ2v) is 7.62. The summed E-state index contributed by atoms with van der Waals surface area (Å²) in [5.74, 6) is 2.14. The van der Waals surface area contributed by atoms with Crippen molar-refractivity contribution in [2.24, 2.45) is 17.8 Å². The van der Waals surface area contributed by atoms with Gasteiger partial charge < -0.3 is 9.22 Å². The van der Waals surface area contributed by atoms with Crippen LogP contribution >= 0.6 is 0 Å². The summed E-state index contributed by atoms with van der Waals surface area (Å²) in [7, 11) is 2.20. The van der Waals surface area contributed by atoms with Crippen molar-refractivity contribution in [1.82, 2.24) is 0 Å². The number of carbonyl (C=O) groups excluding carboxylic acids is 1. The number of esters is 1. The largest absolute Gasteiger partial charge is 0.461 e. The zero-order valence-corrected chi connectivity index (χ0v) is 13.6. The van der Waals surface area contributed by atoms with Gasteiger partial charge in [0.1, 0.15) is 0 Å². The van der Waals surface area contributed by atoms with E-state index in [0.29, 0.717) is 25.0 Å². The van der Waals surface area contributed by atoms with Gasteiger partial charge in [-0.25, -0.2) is 4.79 Å². The maximum atomic E-state index is 12.1. The fourth-order valence-corrected chi connectivity index (χ4v) is 3.97. The molecule has 0 aromatic heterocycles. The molecule has 3 unspecified atom stereocenters. The lowest BCUT2D eigenvalue weighted by Crippen LogP contribution is -2.51. The summed E-state index contributed by atoms with van der Waals surface area (Å²) in [4.78, 5) is 12.1. The van der Waals surface area contributed by atoms with Crippen LogP contribution < -0.4 is 0 Å². The Kier molecular flexibility index (Phi) is 5.48. The predicted molar refractivity (Wildman–Crippen MR) is 81.3 cm³/mol. The van der Waals surface area contributed by atoms with E-state index in [1.165, 1.54) is 38.5 Å². The monoisotopic (exact) mass is 282 g/mol. The Bertz CT molecular complexity index is 323. The van der Waals surface area contributed by atoms with Gasteiger partial charge in [-0.15, -0.1) is 0 Å². The van der Waals surface area contributed by atoms with Gasteiger partial charge in [-0.2, -0.15) is 0 Å². The summed E-state index contributed by atoms with van der Waals surface area (Å²) >= 11 is 0. The highest BCUT2D eigenvalue weighted by molar-refractivity contribution is 5.70. The van der Waals surface area contributed by atoms with E-state index < -0.39 is 0 Å². The number of ether oxygens (including phenoxy) is 1. The number of carbonyl (C=O) groups is 1. The number of quaternary nitrogens is 1. The molecule has 3 atom stereocenters. The van der Waals surface area contributed by atoms with E-state index >= 15 is 0 Å². The number of piperidine rings is 1. The summed E-state index contributed by atoms with van der Waals surface area (Å²) in [6, 6.07) is 0. The first kappa shape index (κ1) is 15.8. The Morgan fingerprint density at radius 3 is 2.50 bits per heavy atom. The van der Waals surface area contributed by atoms with E-state index in [9.17, 15) is 4.79 Å². The lowest BCUT2D eigenvalue weighted by atomic mass is 9.76. The van der Waals surface area contributed by atoms with Gasteiger partial charge >= 0.3 is 5.97 Å². The van der Waals surface area contributed by atoms with Crippen molar-refractivity contribution < 1.29 is 14.0 Å². The SMILES string of the molecule is CC1CCC(COC(=O)C[N+]2(C)CCCCC2)C(C)C1. The van der Waals surface area contributed by atoms with Crippen LogP contribution in [0.25, 0.3) is 0 Å². The minimum absolute atomic E-state index is 0.0141. The van der Waals surface area contributed by atoms with Gasteiger partial charge in [0.15, 0.2) is 6.54 Å². The third-order valence-electron chi connectivity index (χ3n) is 5.47. The van der Waals surface area contributed by atoms with E-state index in [1.807, 2.05) is 0 Å². The van der Waals surface area contributed by atoms with Gasteiger partial charge in [0.25, 0.3) is 0 Å². The summed E-state index contributed by atoms with van der Waals surface area (Å²) in [6.45, 7) is 8.12. The predicted octanol–water partition coefficient (Wildman–Crippen LogP) is 3.23. The van der Waals surface area contributed by atoms with Crippen LogP contribution in [0.5, 0.6) is 0 Å². The smallest absolute Gasteiger partial charge is 0.361 e. The van der Waals surface area contributed by atoms with Crippen molar-refractivity contribution in [3.8, 4) is 0 Å². The Morgan fingerprint density at radius 2 is 1.85 bits per heavy atom.